The largest absolute Gasteiger partial charge is 0.507 e. The second-order valence-electron chi connectivity index (χ2n) is 5.94. The highest BCUT2D eigenvalue weighted by Gasteiger charge is 2.30. The molecule has 8 nitrogen and oxygen atoms in total. The van der Waals surface area contributed by atoms with Crippen LogP contribution in [-0.4, -0.2) is 22.2 Å². The molecule has 0 saturated heterocycles. The van der Waals surface area contributed by atoms with E-state index < -0.39 is 34.0 Å². The number of non-ortho nitro benzene ring substituents is 1. The van der Waals surface area contributed by atoms with E-state index in [1.54, 1.807) is 0 Å². The number of hydrogen-bond acceptors (Lipinski definition) is 6. The van der Waals surface area contributed by atoms with Crippen LogP contribution in [0, 0.1) is 10.1 Å². The van der Waals surface area contributed by atoms with Gasteiger partial charge in [0, 0.05) is 17.7 Å². The number of carbonyl (C=O) groups is 1. The van der Waals surface area contributed by atoms with Gasteiger partial charge in [0.1, 0.15) is 17.3 Å². The monoisotopic (exact) mass is 419 g/mol. The third-order valence-electron chi connectivity index (χ3n) is 3.89. The third kappa shape index (κ3) is 4.63. The lowest BCUT2D eigenvalue weighted by Crippen LogP contribution is -2.17. The van der Waals surface area contributed by atoms with E-state index in [-0.39, 0.29) is 22.6 Å². The molecule has 0 bridgehead atoms. The zero-order chi connectivity index (χ0) is 21.9. The maximum Gasteiger partial charge on any atom is 0.416 e. The van der Waals surface area contributed by atoms with E-state index in [1.807, 2.05) is 0 Å². The maximum atomic E-state index is 12.8. The number of nitro benzene ring substituents is 1. The molecule has 3 rings (SSSR count). The summed E-state index contributed by atoms with van der Waals surface area (Å²) >= 11 is 0. The van der Waals surface area contributed by atoms with Crippen molar-refractivity contribution in [2.45, 2.75) is 6.18 Å². The fraction of sp³-hybridized carbons (Fsp3) is 0.0526. The predicted molar refractivity (Wildman–Crippen MR) is 99.0 cm³/mol. The molecule has 2 aromatic carbocycles. The number of benzene rings is 2. The number of nitro groups is 1. The van der Waals surface area contributed by atoms with Gasteiger partial charge in [0.25, 0.3) is 11.6 Å². The SMILES string of the molecule is O=C(N/N=C/c1ccc(-c2cccc(C(F)(F)F)c2)o1)c1cc([N+](=O)[O-])ccc1O. The molecule has 30 heavy (non-hydrogen) atoms. The Morgan fingerprint density at radius 3 is 2.63 bits per heavy atom. The highest BCUT2D eigenvalue weighted by atomic mass is 19.4. The number of furan rings is 1. The molecule has 11 heteroatoms. The number of alkyl halides is 3. The lowest BCUT2D eigenvalue weighted by Gasteiger charge is -2.07. The summed E-state index contributed by atoms with van der Waals surface area (Å²) in [6.45, 7) is 0. The number of hydrazone groups is 1. The van der Waals surface area contributed by atoms with Crippen molar-refractivity contribution in [2.75, 3.05) is 0 Å². The molecule has 0 aliphatic carbocycles. The average molecular weight is 419 g/mol. The molecule has 1 amide bonds. The first kappa shape index (κ1) is 20.6. The van der Waals surface area contributed by atoms with E-state index in [2.05, 4.69) is 10.5 Å². The molecule has 0 fully saturated rings. The van der Waals surface area contributed by atoms with Gasteiger partial charge in [-0.25, -0.2) is 5.43 Å². The van der Waals surface area contributed by atoms with Gasteiger partial charge in [-0.05, 0) is 30.3 Å². The topological polar surface area (TPSA) is 118 Å². The summed E-state index contributed by atoms with van der Waals surface area (Å²) in [7, 11) is 0. The zero-order valence-electron chi connectivity index (χ0n) is 14.9. The summed E-state index contributed by atoms with van der Waals surface area (Å²) in [6.07, 6.45) is -3.40. The normalized spacial score (nSPS) is 11.6. The van der Waals surface area contributed by atoms with Crippen molar-refractivity contribution in [1.82, 2.24) is 5.43 Å². The summed E-state index contributed by atoms with van der Waals surface area (Å²) in [4.78, 5) is 22.1. The van der Waals surface area contributed by atoms with Crippen molar-refractivity contribution in [2.24, 2.45) is 5.10 Å². The van der Waals surface area contributed by atoms with Crippen LogP contribution in [-0.2, 0) is 6.18 Å². The summed E-state index contributed by atoms with van der Waals surface area (Å²) in [5.74, 6) is -1.09. The molecule has 0 saturated carbocycles. The Morgan fingerprint density at radius 2 is 1.93 bits per heavy atom. The van der Waals surface area contributed by atoms with Crippen LogP contribution in [0.2, 0.25) is 0 Å². The minimum atomic E-state index is -4.49. The van der Waals surface area contributed by atoms with Gasteiger partial charge in [0.2, 0.25) is 0 Å². The number of phenolic OH excluding ortho intramolecular Hbond substituents is 1. The van der Waals surface area contributed by atoms with E-state index in [4.69, 9.17) is 4.42 Å². The first-order valence-corrected chi connectivity index (χ1v) is 8.23. The van der Waals surface area contributed by atoms with Crippen LogP contribution in [0.1, 0.15) is 21.7 Å². The lowest BCUT2D eigenvalue weighted by molar-refractivity contribution is -0.384. The molecule has 0 aliphatic heterocycles. The number of halogens is 3. The number of carbonyl (C=O) groups excluding carboxylic acids is 1. The Hall–Kier alpha value is -4.15. The first-order valence-electron chi connectivity index (χ1n) is 8.23. The Morgan fingerprint density at radius 1 is 1.17 bits per heavy atom. The maximum absolute atomic E-state index is 12.8. The molecule has 3 aromatic rings. The second-order valence-corrected chi connectivity index (χ2v) is 5.94. The van der Waals surface area contributed by atoms with Gasteiger partial charge < -0.3 is 9.52 Å². The van der Waals surface area contributed by atoms with E-state index in [1.165, 1.54) is 24.3 Å². The summed E-state index contributed by atoms with van der Waals surface area (Å²) in [5.41, 5.74) is 0.706. The van der Waals surface area contributed by atoms with Gasteiger partial charge in [-0.2, -0.15) is 18.3 Å². The molecular weight excluding hydrogens is 407 g/mol. The number of hydrogen-bond donors (Lipinski definition) is 2. The number of rotatable bonds is 5. The first-order chi connectivity index (χ1) is 14.1. The Balaban J connectivity index is 1.72. The van der Waals surface area contributed by atoms with E-state index in [0.717, 1.165) is 36.5 Å². The van der Waals surface area contributed by atoms with Crippen LogP contribution in [0.5, 0.6) is 5.75 Å². The molecule has 0 aliphatic rings. The van der Waals surface area contributed by atoms with Crippen LogP contribution in [0.25, 0.3) is 11.3 Å². The van der Waals surface area contributed by atoms with Gasteiger partial charge in [-0.15, -0.1) is 0 Å². The zero-order valence-corrected chi connectivity index (χ0v) is 14.9. The second kappa shape index (κ2) is 8.07. The van der Waals surface area contributed by atoms with Gasteiger partial charge in [0.05, 0.1) is 22.3 Å². The summed E-state index contributed by atoms with van der Waals surface area (Å²) < 4.78 is 43.9. The van der Waals surface area contributed by atoms with Crippen molar-refractivity contribution in [3.63, 3.8) is 0 Å². The molecule has 1 aromatic heterocycles. The fourth-order valence-electron chi connectivity index (χ4n) is 2.46. The lowest BCUT2D eigenvalue weighted by atomic mass is 10.1. The van der Waals surface area contributed by atoms with E-state index in [9.17, 15) is 33.2 Å². The van der Waals surface area contributed by atoms with Crippen LogP contribution in [0.4, 0.5) is 18.9 Å². The number of amides is 1. The van der Waals surface area contributed by atoms with Gasteiger partial charge in [-0.3, -0.25) is 14.9 Å². The third-order valence-corrected chi connectivity index (χ3v) is 3.89. The standard InChI is InChI=1S/C19H12F3N3O5/c20-19(21,22)12-3-1-2-11(8-12)17-7-5-14(30-17)10-23-24-18(27)15-9-13(25(28)29)4-6-16(15)26/h1-10,26H,(H,24,27)/b23-10+. The van der Waals surface area contributed by atoms with Gasteiger partial charge >= 0.3 is 6.18 Å². The Kier molecular flexibility index (Phi) is 5.54. The molecule has 2 N–H and O–H groups in total. The molecule has 0 spiro atoms. The summed E-state index contributed by atoms with van der Waals surface area (Å²) in [5, 5.41) is 24.1. The Labute approximate surface area is 166 Å². The molecule has 1 heterocycles. The summed E-state index contributed by atoms with van der Waals surface area (Å²) in [6, 6.07) is 10.4. The van der Waals surface area contributed by atoms with Crippen molar-refractivity contribution < 1.29 is 32.4 Å². The molecule has 0 radical (unpaired) electrons. The van der Waals surface area contributed by atoms with Gasteiger partial charge in [-0.1, -0.05) is 12.1 Å². The van der Waals surface area contributed by atoms with Crippen LogP contribution in [0.15, 0.2) is 64.1 Å². The highest BCUT2D eigenvalue weighted by molar-refractivity contribution is 5.97. The van der Waals surface area contributed by atoms with Crippen molar-refractivity contribution in [3.8, 4) is 17.1 Å². The fourth-order valence-corrected chi connectivity index (χ4v) is 2.46. The average Bonchev–Trinajstić information content (AvgIpc) is 3.16. The van der Waals surface area contributed by atoms with Crippen molar-refractivity contribution >= 4 is 17.8 Å². The van der Waals surface area contributed by atoms with Crippen LogP contribution >= 0.6 is 0 Å². The molecule has 0 atom stereocenters. The molecule has 154 valence electrons. The van der Waals surface area contributed by atoms with E-state index >= 15 is 0 Å². The highest BCUT2D eigenvalue weighted by Crippen LogP contribution is 2.32. The number of nitrogens with one attached hydrogen (secondary N) is 1. The number of nitrogens with zero attached hydrogens (tertiary/aromatic N) is 2. The van der Waals surface area contributed by atoms with Crippen molar-refractivity contribution in [1.29, 1.82) is 0 Å². The smallest absolute Gasteiger partial charge is 0.416 e. The Bertz CT molecular complexity index is 1140. The number of aromatic hydroxyl groups is 1. The minimum Gasteiger partial charge on any atom is -0.507 e. The molecule has 0 unspecified atom stereocenters. The number of phenols is 1. The predicted octanol–water partition coefficient (Wildman–Crippen LogP) is 4.34. The van der Waals surface area contributed by atoms with Gasteiger partial charge in [0.15, 0.2) is 0 Å². The van der Waals surface area contributed by atoms with E-state index in [0.29, 0.717) is 0 Å². The van der Waals surface area contributed by atoms with Crippen LogP contribution in [0.3, 0.4) is 0 Å². The quantitative estimate of drug-likeness (QED) is 0.362. The molecular formula is C19H12F3N3O5. The van der Waals surface area contributed by atoms with Crippen molar-refractivity contribution in [3.05, 3.63) is 81.6 Å². The minimum absolute atomic E-state index is 0.131. The van der Waals surface area contributed by atoms with Crippen LogP contribution < -0.4 is 5.43 Å².